The first-order valence-electron chi connectivity index (χ1n) is 8.81. The number of halogens is 1. The molecule has 4 rings (SSSR count). The molecule has 1 aromatic heterocycles. The minimum absolute atomic E-state index is 0.0942. The molecule has 1 unspecified atom stereocenters. The molecule has 3 heterocycles. The van der Waals surface area contributed by atoms with Crippen molar-refractivity contribution in [1.82, 2.24) is 25.0 Å². The number of nitrogens with zero attached hydrogens (tertiary/aromatic N) is 4. The molecule has 0 aromatic carbocycles. The third-order valence-electron chi connectivity index (χ3n) is 5.40. The van der Waals surface area contributed by atoms with Crippen LogP contribution in [-0.2, 0) is 22.7 Å². The smallest absolute Gasteiger partial charge is 0.289 e. The molecule has 1 atom stereocenters. The van der Waals surface area contributed by atoms with Crippen molar-refractivity contribution >= 4 is 11.8 Å². The summed E-state index contributed by atoms with van der Waals surface area (Å²) in [5.74, 6) is 0.528. The molecule has 1 N–H and O–H groups in total. The number of nitrogens with one attached hydrogen (secondary N) is 1. The molecular formula is C16H22FN5O3. The van der Waals surface area contributed by atoms with E-state index in [-0.39, 0.29) is 30.9 Å². The number of fused-ring (bicyclic) bond motifs is 1. The Bertz CT molecular complexity index is 689. The number of likely N-dealkylation sites (tertiary alicyclic amines) is 1. The molecule has 1 aliphatic carbocycles. The highest BCUT2D eigenvalue weighted by molar-refractivity contribution is 5.91. The van der Waals surface area contributed by atoms with E-state index in [9.17, 15) is 14.0 Å². The fourth-order valence-electron chi connectivity index (χ4n) is 3.67. The fraction of sp³-hybridized carbons (Fsp3) is 0.750. The van der Waals surface area contributed by atoms with Crippen LogP contribution in [0.4, 0.5) is 4.39 Å². The quantitative estimate of drug-likeness (QED) is 0.849. The summed E-state index contributed by atoms with van der Waals surface area (Å²) in [6, 6.07) is 0.231. The van der Waals surface area contributed by atoms with Crippen molar-refractivity contribution in [2.24, 2.45) is 0 Å². The number of hydrogen-bond acceptors (Lipinski definition) is 5. The van der Waals surface area contributed by atoms with Gasteiger partial charge in [-0.25, -0.2) is 0 Å². The van der Waals surface area contributed by atoms with Crippen LogP contribution in [0.5, 0.6) is 0 Å². The van der Waals surface area contributed by atoms with Crippen molar-refractivity contribution in [3.63, 3.8) is 0 Å². The summed E-state index contributed by atoms with van der Waals surface area (Å²) in [5, 5.41) is 11.1. The van der Waals surface area contributed by atoms with Crippen LogP contribution < -0.4 is 5.32 Å². The van der Waals surface area contributed by atoms with Gasteiger partial charge >= 0.3 is 0 Å². The number of carbonyl (C=O) groups excluding carboxylic acids is 2. The van der Waals surface area contributed by atoms with E-state index in [0.29, 0.717) is 37.7 Å². The first-order valence-corrected chi connectivity index (χ1v) is 8.81. The maximum Gasteiger partial charge on any atom is 0.289 e. The Balaban J connectivity index is 1.48. The Hall–Kier alpha value is -2.03. The van der Waals surface area contributed by atoms with Crippen molar-refractivity contribution in [2.45, 2.75) is 56.9 Å². The molecule has 1 spiro atoms. The van der Waals surface area contributed by atoms with Gasteiger partial charge in [-0.15, -0.1) is 10.2 Å². The molecule has 1 saturated carbocycles. The summed E-state index contributed by atoms with van der Waals surface area (Å²) in [6.45, 7) is 0.994. The third kappa shape index (κ3) is 3.01. The Morgan fingerprint density at radius 1 is 1.32 bits per heavy atom. The normalized spacial score (nSPS) is 25.7. The lowest BCUT2D eigenvalue weighted by Gasteiger charge is -2.34. The topological polar surface area (TPSA) is 89.4 Å². The maximum atomic E-state index is 12.5. The number of aromatic nitrogens is 3. The van der Waals surface area contributed by atoms with E-state index in [1.165, 1.54) is 0 Å². The van der Waals surface area contributed by atoms with Gasteiger partial charge in [0.15, 0.2) is 5.82 Å². The lowest BCUT2D eigenvalue weighted by atomic mass is 9.93. The van der Waals surface area contributed by atoms with Crippen LogP contribution in [0.2, 0.25) is 0 Å². The number of hydrogen-bond donors (Lipinski definition) is 1. The summed E-state index contributed by atoms with van der Waals surface area (Å²) < 4.78 is 20.2. The highest BCUT2D eigenvalue weighted by Gasteiger charge is 2.45. The van der Waals surface area contributed by atoms with Crippen molar-refractivity contribution in [2.75, 3.05) is 19.8 Å². The lowest BCUT2D eigenvalue weighted by molar-refractivity contribution is -0.133. The van der Waals surface area contributed by atoms with E-state index in [2.05, 4.69) is 15.5 Å². The van der Waals surface area contributed by atoms with Crippen molar-refractivity contribution in [3.8, 4) is 0 Å². The third-order valence-corrected chi connectivity index (χ3v) is 5.40. The van der Waals surface area contributed by atoms with Crippen LogP contribution in [0.1, 0.15) is 48.5 Å². The number of rotatable bonds is 4. The minimum atomic E-state index is -0.649. The maximum absolute atomic E-state index is 12.5. The van der Waals surface area contributed by atoms with Crippen LogP contribution in [0, 0.1) is 0 Å². The van der Waals surface area contributed by atoms with Gasteiger partial charge in [-0.2, -0.15) is 0 Å². The summed E-state index contributed by atoms with van der Waals surface area (Å²) in [5.41, 5.74) is -0.549. The molecule has 2 aliphatic heterocycles. The predicted molar refractivity (Wildman–Crippen MR) is 84.4 cm³/mol. The molecule has 1 saturated heterocycles. The van der Waals surface area contributed by atoms with Gasteiger partial charge in [-0.3, -0.25) is 14.0 Å². The Labute approximate surface area is 144 Å². The molecule has 1 aromatic rings. The molecule has 0 radical (unpaired) electrons. The average molecular weight is 351 g/mol. The predicted octanol–water partition coefficient (Wildman–Crippen LogP) is 0.421. The summed E-state index contributed by atoms with van der Waals surface area (Å²) >= 11 is 0. The zero-order valence-corrected chi connectivity index (χ0v) is 14.0. The summed E-state index contributed by atoms with van der Waals surface area (Å²) in [4.78, 5) is 26.0. The fourth-order valence-corrected chi connectivity index (χ4v) is 3.67. The van der Waals surface area contributed by atoms with Gasteiger partial charge in [0.25, 0.3) is 5.91 Å². The van der Waals surface area contributed by atoms with Crippen LogP contribution in [-0.4, -0.2) is 62.9 Å². The Morgan fingerprint density at radius 2 is 2.16 bits per heavy atom. The van der Waals surface area contributed by atoms with Gasteiger partial charge in [0, 0.05) is 12.6 Å². The second kappa shape index (κ2) is 6.36. The molecule has 8 nitrogen and oxygen atoms in total. The van der Waals surface area contributed by atoms with Gasteiger partial charge in [-0.1, -0.05) is 0 Å². The van der Waals surface area contributed by atoms with Gasteiger partial charge in [0.1, 0.15) is 12.2 Å². The van der Waals surface area contributed by atoms with E-state index in [1.807, 2.05) is 0 Å². The van der Waals surface area contributed by atoms with Crippen LogP contribution >= 0.6 is 0 Å². The molecule has 3 aliphatic rings. The molecule has 9 heteroatoms. The second-order valence-corrected chi connectivity index (χ2v) is 7.10. The second-order valence-electron chi connectivity index (χ2n) is 7.10. The molecular weight excluding hydrogens is 329 g/mol. The molecule has 136 valence electrons. The Morgan fingerprint density at radius 3 is 2.88 bits per heavy atom. The first-order chi connectivity index (χ1) is 12.1. The largest absolute Gasteiger partial charge is 0.363 e. The van der Waals surface area contributed by atoms with E-state index in [0.717, 1.165) is 19.3 Å². The average Bonchev–Trinajstić information content (AvgIpc) is 3.16. The molecule has 2 amide bonds. The van der Waals surface area contributed by atoms with Crippen LogP contribution in [0.3, 0.4) is 0 Å². The van der Waals surface area contributed by atoms with Crippen molar-refractivity contribution in [3.05, 3.63) is 11.6 Å². The van der Waals surface area contributed by atoms with E-state index in [4.69, 9.17) is 4.74 Å². The number of amides is 2. The SMILES string of the molecule is O=C(NC1CCC1)c1nnc2n1CC1(CCN(C(=O)CCF)C1)OC2. The molecule has 2 fully saturated rings. The monoisotopic (exact) mass is 351 g/mol. The molecule has 25 heavy (non-hydrogen) atoms. The molecule has 0 bridgehead atoms. The standard InChI is InChI=1S/C16H22FN5O3/c17-6-4-13(23)21-7-5-16(9-21)10-22-12(8-25-16)19-20-14(22)15(24)18-11-2-1-3-11/h11H,1-10H2,(H,18,24). The highest BCUT2D eigenvalue weighted by atomic mass is 19.1. The first kappa shape index (κ1) is 16.4. The number of alkyl halides is 1. The van der Waals surface area contributed by atoms with Gasteiger partial charge in [0.2, 0.25) is 11.7 Å². The van der Waals surface area contributed by atoms with Crippen LogP contribution in [0.25, 0.3) is 0 Å². The summed E-state index contributed by atoms with van der Waals surface area (Å²) in [6.07, 6.45) is 3.72. The number of ether oxygens (including phenoxy) is 1. The lowest BCUT2D eigenvalue weighted by Crippen LogP contribution is -2.46. The zero-order chi connectivity index (χ0) is 17.4. The zero-order valence-electron chi connectivity index (χ0n) is 14.0. The van der Waals surface area contributed by atoms with Gasteiger partial charge in [0.05, 0.1) is 26.2 Å². The van der Waals surface area contributed by atoms with E-state index >= 15 is 0 Å². The van der Waals surface area contributed by atoms with Crippen LogP contribution in [0.15, 0.2) is 0 Å². The van der Waals surface area contributed by atoms with E-state index < -0.39 is 12.3 Å². The van der Waals surface area contributed by atoms with Gasteiger partial charge < -0.3 is 19.5 Å². The minimum Gasteiger partial charge on any atom is -0.363 e. The van der Waals surface area contributed by atoms with Crippen molar-refractivity contribution in [1.29, 1.82) is 0 Å². The highest BCUT2D eigenvalue weighted by Crippen LogP contribution is 2.33. The Kier molecular flexibility index (Phi) is 4.18. The summed E-state index contributed by atoms with van der Waals surface area (Å²) in [7, 11) is 0. The van der Waals surface area contributed by atoms with E-state index in [1.54, 1.807) is 9.47 Å². The number of carbonyl (C=O) groups is 2. The van der Waals surface area contributed by atoms with Gasteiger partial charge in [-0.05, 0) is 25.7 Å². The van der Waals surface area contributed by atoms with Crippen molar-refractivity contribution < 1.29 is 18.7 Å².